The van der Waals surface area contributed by atoms with Crippen LogP contribution in [0.5, 0.6) is 0 Å². The number of anilines is 1. The first-order chi connectivity index (χ1) is 11.9. The molecule has 1 aromatic heterocycles. The van der Waals surface area contributed by atoms with Gasteiger partial charge in [0.1, 0.15) is 6.73 Å². The molecule has 0 atom stereocenters. The second kappa shape index (κ2) is 7.35. The molecule has 2 heterocycles. The molecule has 7 heteroatoms. The monoisotopic (exact) mass is 363 g/mol. The zero-order valence-electron chi connectivity index (χ0n) is 15.5. The number of ether oxygens (including phenoxy) is 2. The standard InChI is InChI=1S/C18H29N3O3Si/c1-25(2,3)11-10-24-13-20-17-12-14(19)4-5-16(17)21(18(20)22)15-6-8-23-9-7-15/h4-5,12,15H,6-11,13,19H2,1-3H3. The van der Waals surface area contributed by atoms with Crippen LogP contribution in [-0.2, 0) is 16.2 Å². The van der Waals surface area contributed by atoms with Crippen molar-refractivity contribution >= 4 is 24.8 Å². The first-order valence-electron chi connectivity index (χ1n) is 9.02. The maximum Gasteiger partial charge on any atom is 0.331 e. The van der Waals surface area contributed by atoms with Gasteiger partial charge in [-0.1, -0.05) is 19.6 Å². The van der Waals surface area contributed by atoms with Gasteiger partial charge in [-0.3, -0.25) is 9.13 Å². The van der Waals surface area contributed by atoms with E-state index in [2.05, 4.69) is 19.6 Å². The third-order valence-electron chi connectivity index (χ3n) is 4.76. The van der Waals surface area contributed by atoms with Gasteiger partial charge in [-0.25, -0.2) is 4.79 Å². The topological polar surface area (TPSA) is 71.4 Å². The average Bonchev–Trinajstić information content (AvgIpc) is 2.83. The Labute approximate surface area is 149 Å². The van der Waals surface area contributed by atoms with E-state index in [1.165, 1.54) is 0 Å². The van der Waals surface area contributed by atoms with E-state index < -0.39 is 8.07 Å². The van der Waals surface area contributed by atoms with Crippen LogP contribution >= 0.6 is 0 Å². The second-order valence-corrected chi connectivity index (χ2v) is 13.6. The summed E-state index contributed by atoms with van der Waals surface area (Å²) in [5.74, 6) is 0. The third kappa shape index (κ3) is 4.16. The highest BCUT2D eigenvalue weighted by Crippen LogP contribution is 2.26. The molecule has 1 saturated heterocycles. The summed E-state index contributed by atoms with van der Waals surface area (Å²) in [6.07, 6.45) is 1.72. The predicted octanol–water partition coefficient (Wildman–Crippen LogP) is 3.05. The number of hydrogen-bond acceptors (Lipinski definition) is 4. The number of nitrogen functional groups attached to an aromatic ring is 1. The van der Waals surface area contributed by atoms with Crippen molar-refractivity contribution in [1.29, 1.82) is 0 Å². The summed E-state index contributed by atoms with van der Waals surface area (Å²) >= 11 is 0. The van der Waals surface area contributed by atoms with E-state index in [4.69, 9.17) is 15.2 Å². The van der Waals surface area contributed by atoms with Gasteiger partial charge in [-0.2, -0.15) is 0 Å². The third-order valence-corrected chi connectivity index (χ3v) is 6.46. The second-order valence-electron chi connectivity index (χ2n) is 8.02. The molecule has 0 spiro atoms. The lowest BCUT2D eigenvalue weighted by atomic mass is 10.1. The van der Waals surface area contributed by atoms with E-state index in [0.717, 1.165) is 29.9 Å². The van der Waals surface area contributed by atoms with Gasteiger partial charge in [0.2, 0.25) is 0 Å². The number of imidazole rings is 1. The Morgan fingerprint density at radius 3 is 2.64 bits per heavy atom. The van der Waals surface area contributed by atoms with Gasteiger partial charge in [-0.15, -0.1) is 0 Å². The predicted molar refractivity (Wildman–Crippen MR) is 104 cm³/mol. The number of rotatable bonds is 6. The van der Waals surface area contributed by atoms with Crippen molar-refractivity contribution in [2.75, 3.05) is 25.6 Å². The number of aromatic nitrogens is 2. The molecule has 0 aliphatic carbocycles. The zero-order chi connectivity index (χ0) is 18.0. The summed E-state index contributed by atoms with van der Waals surface area (Å²) in [4.78, 5) is 13.1. The quantitative estimate of drug-likeness (QED) is 0.486. The molecule has 1 aromatic carbocycles. The summed E-state index contributed by atoms with van der Waals surface area (Å²) in [6.45, 7) is 9.32. The molecule has 0 amide bonds. The highest BCUT2D eigenvalue weighted by atomic mass is 28.3. The van der Waals surface area contributed by atoms with Crippen molar-refractivity contribution in [2.45, 2.75) is 51.3 Å². The molecule has 0 unspecified atom stereocenters. The number of nitrogens with zero attached hydrogens (tertiary/aromatic N) is 2. The van der Waals surface area contributed by atoms with E-state index in [0.29, 0.717) is 25.5 Å². The molecule has 2 N–H and O–H groups in total. The Morgan fingerprint density at radius 1 is 1.24 bits per heavy atom. The van der Waals surface area contributed by atoms with E-state index in [1.54, 1.807) is 4.57 Å². The molecular weight excluding hydrogens is 334 g/mol. The summed E-state index contributed by atoms with van der Waals surface area (Å²) < 4.78 is 14.9. The van der Waals surface area contributed by atoms with Gasteiger partial charge >= 0.3 is 5.69 Å². The Morgan fingerprint density at radius 2 is 1.96 bits per heavy atom. The summed E-state index contributed by atoms with van der Waals surface area (Å²) in [6, 6.07) is 6.93. The van der Waals surface area contributed by atoms with Gasteiger partial charge in [0.15, 0.2) is 0 Å². The summed E-state index contributed by atoms with van der Waals surface area (Å²) in [5.41, 5.74) is 8.39. The van der Waals surface area contributed by atoms with E-state index in [9.17, 15) is 4.79 Å². The fourth-order valence-electron chi connectivity index (χ4n) is 3.25. The van der Waals surface area contributed by atoms with Gasteiger partial charge in [0.05, 0.1) is 11.0 Å². The van der Waals surface area contributed by atoms with Crippen molar-refractivity contribution in [3.8, 4) is 0 Å². The van der Waals surface area contributed by atoms with Crippen LogP contribution in [0.4, 0.5) is 5.69 Å². The highest BCUT2D eigenvalue weighted by molar-refractivity contribution is 6.76. The van der Waals surface area contributed by atoms with Gasteiger partial charge < -0.3 is 15.2 Å². The molecule has 138 valence electrons. The van der Waals surface area contributed by atoms with Crippen molar-refractivity contribution in [3.63, 3.8) is 0 Å². The number of nitrogens with two attached hydrogens (primary N) is 1. The highest BCUT2D eigenvalue weighted by Gasteiger charge is 2.23. The summed E-state index contributed by atoms with van der Waals surface area (Å²) in [5, 5.41) is 0. The maximum absolute atomic E-state index is 13.1. The molecule has 2 aromatic rings. The molecule has 0 saturated carbocycles. The van der Waals surface area contributed by atoms with E-state index >= 15 is 0 Å². The Balaban J connectivity index is 1.90. The number of fused-ring (bicyclic) bond motifs is 1. The summed E-state index contributed by atoms with van der Waals surface area (Å²) in [7, 11) is -1.14. The van der Waals surface area contributed by atoms with Crippen molar-refractivity contribution < 1.29 is 9.47 Å². The van der Waals surface area contributed by atoms with Crippen LogP contribution in [0.25, 0.3) is 11.0 Å². The van der Waals surface area contributed by atoms with Crippen LogP contribution < -0.4 is 11.4 Å². The molecule has 1 aliphatic rings. The van der Waals surface area contributed by atoms with E-state index in [1.807, 2.05) is 22.8 Å². The van der Waals surface area contributed by atoms with Crippen molar-refractivity contribution in [3.05, 3.63) is 28.7 Å². The molecule has 0 bridgehead atoms. The van der Waals surface area contributed by atoms with Crippen LogP contribution in [0.2, 0.25) is 25.7 Å². The van der Waals surface area contributed by atoms with Crippen molar-refractivity contribution in [2.24, 2.45) is 0 Å². The Kier molecular flexibility index (Phi) is 5.36. The SMILES string of the molecule is C[Si](C)(C)CCOCn1c(=O)n(C2CCOCC2)c2ccc(N)cc21. The first-order valence-corrected chi connectivity index (χ1v) is 12.7. The van der Waals surface area contributed by atoms with Crippen LogP contribution in [0, 0.1) is 0 Å². The average molecular weight is 364 g/mol. The number of hydrogen-bond donors (Lipinski definition) is 1. The smallest absolute Gasteiger partial charge is 0.331 e. The van der Waals surface area contributed by atoms with Crippen LogP contribution in [0.15, 0.2) is 23.0 Å². The van der Waals surface area contributed by atoms with Crippen molar-refractivity contribution in [1.82, 2.24) is 9.13 Å². The zero-order valence-corrected chi connectivity index (χ0v) is 16.5. The Bertz CT molecular complexity index is 785. The minimum Gasteiger partial charge on any atom is -0.399 e. The van der Waals surface area contributed by atoms with E-state index in [-0.39, 0.29) is 18.5 Å². The normalized spacial score (nSPS) is 16.6. The maximum atomic E-state index is 13.1. The fourth-order valence-corrected chi connectivity index (χ4v) is 4.01. The molecule has 25 heavy (non-hydrogen) atoms. The minimum absolute atomic E-state index is 0.0134. The molecular formula is C18H29N3O3Si. The van der Waals surface area contributed by atoms with Crippen LogP contribution in [0.1, 0.15) is 18.9 Å². The first kappa shape index (κ1) is 18.2. The molecule has 0 radical (unpaired) electrons. The number of benzene rings is 1. The fraction of sp³-hybridized carbons (Fsp3) is 0.611. The van der Waals surface area contributed by atoms with Crippen LogP contribution in [-0.4, -0.2) is 37.0 Å². The lowest BCUT2D eigenvalue weighted by Crippen LogP contribution is -2.31. The van der Waals surface area contributed by atoms with Gasteiger partial charge in [0, 0.05) is 39.6 Å². The van der Waals surface area contributed by atoms with Crippen LogP contribution in [0.3, 0.4) is 0 Å². The minimum atomic E-state index is -1.14. The largest absolute Gasteiger partial charge is 0.399 e. The lowest BCUT2D eigenvalue weighted by molar-refractivity contribution is 0.0670. The Hall–Kier alpha value is -1.57. The lowest BCUT2D eigenvalue weighted by Gasteiger charge is -2.23. The van der Waals surface area contributed by atoms with Gasteiger partial charge in [-0.05, 0) is 37.1 Å². The van der Waals surface area contributed by atoms with Gasteiger partial charge in [0.25, 0.3) is 0 Å². The molecule has 3 rings (SSSR count). The molecule has 1 aliphatic heterocycles. The molecule has 6 nitrogen and oxygen atoms in total. The molecule has 1 fully saturated rings.